The zero-order valence-corrected chi connectivity index (χ0v) is 12.6. The van der Waals surface area contributed by atoms with Crippen LogP contribution in [0.3, 0.4) is 0 Å². The van der Waals surface area contributed by atoms with Gasteiger partial charge in [-0.3, -0.25) is 9.59 Å². The number of carbonyl (C=O) groups is 2. The van der Waals surface area contributed by atoms with Crippen molar-refractivity contribution in [1.82, 2.24) is 0 Å². The molecule has 104 valence electrons. The number of carbonyl (C=O) groups excluding carboxylic acids is 2. The standard InChI is InChI=1S/C14H20N2O2S/c1-5-19-13(18)16-11-8-6-7-10(9-11)15-12(17)14(2,3)4/h6-9H,5H2,1-4H3,(H,15,17)(H,16,18). The highest BCUT2D eigenvalue weighted by Gasteiger charge is 2.21. The lowest BCUT2D eigenvalue weighted by Crippen LogP contribution is -2.27. The molecule has 0 bridgehead atoms. The van der Waals surface area contributed by atoms with Crippen LogP contribution in [-0.4, -0.2) is 16.9 Å². The Labute approximate surface area is 118 Å². The minimum atomic E-state index is -0.447. The Morgan fingerprint density at radius 2 is 1.74 bits per heavy atom. The van der Waals surface area contributed by atoms with Crippen LogP contribution >= 0.6 is 11.8 Å². The van der Waals surface area contributed by atoms with Crippen LogP contribution in [0.4, 0.5) is 16.2 Å². The van der Waals surface area contributed by atoms with E-state index in [9.17, 15) is 9.59 Å². The Kier molecular flexibility index (Phi) is 5.42. The first-order valence-electron chi connectivity index (χ1n) is 6.18. The molecule has 0 radical (unpaired) electrons. The molecular formula is C14H20N2O2S. The highest BCUT2D eigenvalue weighted by Crippen LogP contribution is 2.20. The summed E-state index contributed by atoms with van der Waals surface area (Å²) >= 11 is 1.21. The SMILES string of the molecule is CCSC(=O)Nc1cccc(NC(=O)C(C)(C)C)c1. The lowest BCUT2D eigenvalue weighted by Gasteiger charge is -2.18. The molecule has 0 fully saturated rings. The molecule has 0 saturated heterocycles. The second-order valence-electron chi connectivity index (χ2n) is 5.13. The van der Waals surface area contributed by atoms with E-state index in [0.29, 0.717) is 11.4 Å². The summed E-state index contributed by atoms with van der Waals surface area (Å²) in [7, 11) is 0. The molecular weight excluding hydrogens is 260 g/mol. The van der Waals surface area contributed by atoms with Gasteiger partial charge in [-0.25, -0.2) is 0 Å². The third-order valence-electron chi connectivity index (χ3n) is 2.32. The molecule has 0 heterocycles. The van der Waals surface area contributed by atoms with Gasteiger partial charge >= 0.3 is 0 Å². The number of hydrogen-bond acceptors (Lipinski definition) is 3. The lowest BCUT2D eigenvalue weighted by atomic mass is 9.95. The van der Waals surface area contributed by atoms with Crippen LogP contribution in [0.25, 0.3) is 0 Å². The molecule has 1 aromatic carbocycles. The van der Waals surface area contributed by atoms with Crippen molar-refractivity contribution in [3.05, 3.63) is 24.3 Å². The van der Waals surface area contributed by atoms with Crippen LogP contribution in [0, 0.1) is 5.41 Å². The van der Waals surface area contributed by atoms with Crippen molar-refractivity contribution in [2.45, 2.75) is 27.7 Å². The van der Waals surface area contributed by atoms with E-state index in [1.165, 1.54) is 11.8 Å². The Hall–Kier alpha value is -1.49. The highest BCUT2D eigenvalue weighted by molar-refractivity contribution is 8.13. The van der Waals surface area contributed by atoms with Gasteiger partial charge in [0.1, 0.15) is 0 Å². The van der Waals surface area contributed by atoms with E-state index in [1.807, 2.05) is 27.7 Å². The maximum absolute atomic E-state index is 11.9. The van der Waals surface area contributed by atoms with Crippen LogP contribution < -0.4 is 10.6 Å². The third-order valence-corrected chi connectivity index (χ3v) is 2.98. The first-order chi connectivity index (χ1) is 8.82. The topological polar surface area (TPSA) is 58.2 Å². The normalized spacial score (nSPS) is 10.9. The number of rotatable bonds is 3. The number of nitrogens with one attached hydrogen (secondary N) is 2. The molecule has 0 aromatic heterocycles. The average Bonchev–Trinajstić information content (AvgIpc) is 2.28. The van der Waals surface area contributed by atoms with Gasteiger partial charge < -0.3 is 10.6 Å². The largest absolute Gasteiger partial charge is 0.326 e. The van der Waals surface area contributed by atoms with Gasteiger partial charge in [0, 0.05) is 16.8 Å². The van der Waals surface area contributed by atoms with Crippen LogP contribution in [0.15, 0.2) is 24.3 Å². The molecule has 0 aliphatic rings. The third kappa shape index (κ3) is 5.34. The molecule has 0 saturated carbocycles. The summed E-state index contributed by atoms with van der Waals surface area (Å²) < 4.78 is 0. The van der Waals surface area contributed by atoms with Crippen molar-refractivity contribution in [2.24, 2.45) is 5.41 Å². The smallest absolute Gasteiger partial charge is 0.283 e. The van der Waals surface area contributed by atoms with Gasteiger partial charge in [-0.05, 0) is 24.0 Å². The van der Waals surface area contributed by atoms with Crippen molar-refractivity contribution >= 4 is 34.3 Å². The molecule has 19 heavy (non-hydrogen) atoms. The van der Waals surface area contributed by atoms with Crippen LogP contribution in [0.1, 0.15) is 27.7 Å². The fourth-order valence-corrected chi connectivity index (χ4v) is 1.73. The molecule has 0 atom stereocenters. The Balaban J connectivity index is 2.72. The first-order valence-corrected chi connectivity index (χ1v) is 7.17. The second kappa shape index (κ2) is 6.61. The molecule has 4 nitrogen and oxygen atoms in total. The number of thioether (sulfide) groups is 1. The summed E-state index contributed by atoms with van der Waals surface area (Å²) in [6, 6.07) is 7.13. The van der Waals surface area contributed by atoms with E-state index in [2.05, 4.69) is 10.6 Å². The Morgan fingerprint density at radius 1 is 1.16 bits per heavy atom. The van der Waals surface area contributed by atoms with Gasteiger partial charge in [0.15, 0.2) is 0 Å². The predicted molar refractivity (Wildman–Crippen MR) is 81.7 cm³/mol. The van der Waals surface area contributed by atoms with Gasteiger partial charge in [0.25, 0.3) is 5.24 Å². The lowest BCUT2D eigenvalue weighted by molar-refractivity contribution is -0.123. The second-order valence-corrected chi connectivity index (χ2v) is 6.37. The quantitative estimate of drug-likeness (QED) is 0.881. The van der Waals surface area contributed by atoms with Gasteiger partial charge in [0.2, 0.25) is 5.91 Å². The Bertz CT molecular complexity index is 467. The van der Waals surface area contributed by atoms with E-state index in [0.717, 1.165) is 5.75 Å². The van der Waals surface area contributed by atoms with Gasteiger partial charge in [0.05, 0.1) is 0 Å². The first kappa shape index (κ1) is 15.6. The van der Waals surface area contributed by atoms with Crippen LogP contribution in [0.2, 0.25) is 0 Å². The maximum Gasteiger partial charge on any atom is 0.283 e. The molecule has 0 aliphatic carbocycles. The number of anilines is 2. The number of amides is 2. The van der Waals surface area contributed by atoms with Crippen molar-refractivity contribution in [3.8, 4) is 0 Å². The summed E-state index contributed by atoms with van der Waals surface area (Å²) in [6.07, 6.45) is 0. The zero-order valence-electron chi connectivity index (χ0n) is 11.7. The van der Waals surface area contributed by atoms with Crippen molar-refractivity contribution < 1.29 is 9.59 Å². The zero-order chi connectivity index (χ0) is 14.5. The van der Waals surface area contributed by atoms with E-state index >= 15 is 0 Å². The fraction of sp³-hybridized carbons (Fsp3) is 0.429. The molecule has 2 amide bonds. The fourth-order valence-electron chi connectivity index (χ4n) is 1.28. The summed E-state index contributed by atoms with van der Waals surface area (Å²) in [4.78, 5) is 23.3. The number of benzene rings is 1. The summed E-state index contributed by atoms with van der Waals surface area (Å²) in [5, 5.41) is 5.50. The molecule has 0 spiro atoms. The minimum Gasteiger partial charge on any atom is -0.326 e. The monoisotopic (exact) mass is 280 g/mol. The average molecular weight is 280 g/mol. The molecule has 1 aromatic rings. The van der Waals surface area contributed by atoms with Crippen molar-refractivity contribution in [3.63, 3.8) is 0 Å². The van der Waals surface area contributed by atoms with Crippen molar-refractivity contribution in [1.29, 1.82) is 0 Å². The molecule has 1 rings (SSSR count). The summed E-state index contributed by atoms with van der Waals surface area (Å²) in [5.74, 6) is 0.672. The van der Waals surface area contributed by atoms with E-state index < -0.39 is 5.41 Å². The Morgan fingerprint density at radius 3 is 2.26 bits per heavy atom. The van der Waals surface area contributed by atoms with Gasteiger partial charge in [-0.2, -0.15) is 0 Å². The van der Waals surface area contributed by atoms with Gasteiger partial charge in [-0.1, -0.05) is 45.5 Å². The highest BCUT2D eigenvalue weighted by atomic mass is 32.2. The van der Waals surface area contributed by atoms with E-state index in [4.69, 9.17) is 0 Å². The van der Waals surface area contributed by atoms with E-state index in [-0.39, 0.29) is 11.1 Å². The maximum atomic E-state index is 11.9. The predicted octanol–water partition coefficient (Wildman–Crippen LogP) is 3.96. The molecule has 0 aliphatic heterocycles. The van der Waals surface area contributed by atoms with Crippen molar-refractivity contribution in [2.75, 3.05) is 16.4 Å². The molecule has 5 heteroatoms. The van der Waals surface area contributed by atoms with E-state index in [1.54, 1.807) is 24.3 Å². The summed E-state index contributed by atoms with van der Waals surface area (Å²) in [6.45, 7) is 7.48. The van der Waals surface area contributed by atoms with Crippen LogP contribution in [-0.2, 0) is 4.79 Å². The number of hydrogen-bond donors (Lipinski definition) is 2. The summed E-state index contributed by atoms with van der Waals surface area (Å²) in [5.41, 5.74) is 0.911. The van der Waals surface area contributed by atoms with Gasteiger partial charge in [-0.15, -0.1) is 0 Å². The molecule has 2 N–H and O–H groups in total. The minimum absolute atomic E-state index is 0.0566. The van der Waals surface area contributed by atoms with Crippen LogP contribution in [0.5, 0.6) is 0 Å². The molecule has 0 unspecified atom stereocenters.